The summed E-state index contributed by atoms with van der Waals surface area (Å²) in [6.07, 6.45) is -0.596. The van der Waals surface area contributed by atoms with E-state index in [0.717, 1.165) is 4.31 Å². The first-order chi connectivity index (χ1) is 6.31. The third kappa shape index (κ3) is 2.68. The highest BCUT2D eigenvalue weighted by atomic mass is 32.2. The lowest BCUT2D eigenvalue weighted by atomic mass is 10.2. The monoisotopic (exact) mass is 221 g/mol. The van der Waals surface area contributed by atoms with E-state index in [9.17, 15) is 9.00 Å². The van der Waals surface area contributed by atoms with Gasteiger partial charge in [-0.3, -0.25) is 4.18 Å². The number of amides is 1. The summed E-state index contributed by atoms with van der Waals surface area (Å²) in [7, 11) is 0. The van der Waals surface area contributed by atoms with Gasteiger partial charge in [-0.1, -0.05) is 0 Å². The van der Waals surface area contributed by atoms with E-state index in [1.807, 2.05) is 0 Å². The Balaban J connectivity index is 2.65. The molecule has 1 aliphatic heterocycles. The SMILES string of the molecule is C[C@H]1COS(=O)N1C(=O)OC(C)(C)C. The van der Waals surface area contributed by atoms with Crippen molar-refractivity contribution in [1.29, 1.82) is 0 Å². The van der Waals surface area contributed by atoms with Gasteiger partial charge in [0.1, 0.15) is 5.60 Å². The molecule has 82 valence electrons. The Bertz CT molecular complexity index is 261. The third-order valence-corrected chi connectivity index (χ3v) is 2.71. The van der Waals surface area contributed by atoms with Crippen molar-refractivity contribution in [2.45, 2.75) is 39.3 Å². The van der Waals surface area contributed by atoms with Crippen LogP contribution in [0, 0.1) is 0 Å². The highest BCUT2D eigenvalue weighted by Gasteiger charge is 2.36. The Kier molecular flexibility index (Phi) is 3.16. The maximum atomic E-state index is 11.5. The van der Waals surface area contributed by atoms with Gasteiger partial charge >= 0.3 is 6.09 Å². The molecule has 5 nitrogen and oxygen atoms in total. The normalized spacial score (nSPS) is 27.9. The van der Waals surface area contributed by atoms with Gasteiger partial charge in [-0.05, 0) is 27.7 Å². The van der Waals surface area contributed by atoms with E-state index >= 15 is 0 Å². The maximum Gasteiger partial charge on any atom is 0.424 e. The number of hydrogen-bond acceptors (Lipinski definition) is 4. The molecule has 1 heterocycles. The molecule has 1 unspecified atom stereocenters. The van der Waals surface area contributed by atoms with Crippen molar-refractivity contribution >= 4 is 17.4 Å². The van der Waals surface area contributed by atoms with Crippen LogP contribution in [0.15, 0.2) is 0 Å². The highest BCUT2D eigenvalue weighted by Crippen LogP contribution is 2.18. The van der Waals surface area contributed by atoms with Gasteiger partial charge in [0, 0.05) is 0 Å². The molecular formula is C8H15NO4S. The fourth-order valence-corrected chi connectivity index (χ4v) is 1.92. The second-order valence-corrected chi connectivity index (χ2v) is 5.22. The Hall–Kier alpha value is -0.620. The van der Waals surface area contributed by atoms with Crippen molar-refractivity contribution < 1.29 is 17.9 Å². The Morgan fingerprint density at radius 3 is 2.50 bits per heavy atom. The van der Waals surface area contributed by atoms with E-state index in [-0.39, 0.29) is 12.6 Å². The first kappa shape index (κ1) is 11.5. The second kappa shape index (κ2) is 3.86. The zero-order valence-electron chi connectivity index (χ0n) is 8.77. The molecule has 1 fully saturated rings. The van der Waals surface area contributed by atoms with Gasteiger partial charge in [0.15, 0.2) is 0 Å². The quantitative estimate of drug-likeness (QED) is 0.617. The summed E-state index contributed by atoms with van der Waals surface area (Å²) >= 11 is -1.70. The Morgan fingerprint density at radius 1 is 1.57 bits per heavy atom. The van der Waals surface area contributed by atoms with Gasteiger partial charge in [0.05, 0.1) is 12.6 Å². The molecule has 0 aromatic rings. The lowest BCUT2D eigenvalue weighted by Gasteiger charge is -2.24. The molecule has 14 heavy (non-hydrogen) atoms. The van der Waals surface area contributed by atoms with Crippen molar-refractivity contribution in [1.82, 2.24) is 4.31 Å². The molecule has 0 aromatic heterocycles. The molecular weight excluding hydrogens is 206 g/mol. The second-order valence-electron chi connectivity index (χ2n) is 4.16. The molecule has 1 amide bonds. The molecule has 1 aliphatic rings. The van der Waals surface area contributed by atoms with Crippen LogP contribution in [0.25, 0.3) is 0 Å². The molecule has 0 radical (unpaired) electrons. The molecule has 0 aromatic carbocycles. The smallest absolute Gasteiger partial charge is 0.424 e. The molecule has 0 bridgehead atoms. The van der Waals surface area contributed by atoms with Crippen LogP contribution in [0.3, 0.4) is 0 Å². The van der Waals surface area contributed by atoms with Crippen LogP contribution in [0.1, 0.15) is 27.7 Å². The summed E-state index contributed by atoms with van der Waals surface area (Å²) in [6.45, 7) is 7.32. The minimum atomic E-state index is -1.70. The van der Waals surface area contributed by atoms with Crippen LogP contribution in [0.5, 0.6) is 0 Å². The zero-order valence-corrected chi connectivity index (χ0v) is 9.59. The van der Waals surface area contributed by atoms with E-state index in [1.165, 1.54) is 0 Å². The lowest BCUT2D eigenvalue weighted by Crippen LogP contribution is -2.39. The summed E-state index contributed by atoms with van der Waals surface area (Å²) in [5.74, 6) is 0. The minimum absolute atomic E-state index is 0.203. The van der Waals surface area contributed by atoms with Crippen molar-refractivity contribution in [2.75, 3.05) is 6.61 Å². The van der Waals surface area contributed by atoms with Gasteiger partial charge in [0.25, 0.3) is 11.3 Å². The van der Waals surface area contributed by atoms with Crippen LogP contribution < -0.4 is 0 Å². The predicted octanol–water partition coefficient (Wildman–Crippen LogP) is 1.22. The highest BCUT2D eigenvalue weighted by molar-refractivity contribution is 7.78. The van der Waals surface area contributed by atoms with Crippen LogP contribution >= 0.6 is 0 Å². The van der Waals surface area contributed by atoms with Crippen LogP contribution in [0.2, 0.25) is 0 Å². The molecule has 0 aliphatic carbocycles. The molecule has 1 rings (SSSR count). The topological polar surface area (TPSA) is 55.8 Å². The molecule has 2 atom stereocenters. The molecule has 1 saturated heterocycles. The van der Waals surface area contributed by atoms with Gasteiger partial charge in [-0.2, -0.15) is 4.31 Å². The van der Waals surface area contributed by atoms with Gasteiger partial charge in [-0.15, -0.1) is 0 Å². The minimum Gasteiger partial charge on any atom is -0.443 e. The first-order valence-corrected chi connectivity index (χ1v) is 5.42. The van der Waals surface area contributed by atoms with E-state index in [0.29, 0.717) is 0 Å². The van der Waals surface area contributed by atoms with E-state index in [2.05, 4.69) is 0 Å². The number of nitrogens with zero attached hydrogens (tertiary/aromatic N) is 1. The number of ether oxygens (including phenoxy) is 1. The van der Waals surface area contributed by atoms with Crippen LogP contribution in [-0.4, -0.2) is 32.9 Å². The van der Waals surface area contributed by atoms with Crippen molar-refractivity contribution in [3.05, 3.63) is 0 Å². The maximum absolute atomic E-state index is 11.5. The van der Waals surface area contributed by atoms with E-state index < -0.39 is 23.0 Å². The van der Waals surface area contributed by atoms with Crippen LogP contribution in [0.4, 0.5) is 4.79 Å². The fourth-order valence-electron chi connectivity index (χ4n) is 0.976. The summed E-state index contributed by atoms with van der Waals surface area (Å²) in [6, 6.07) is -0.203. The third-order valence-electron chi connectivity index (χ3n) is 1.54. The average Bonchev–Trinajstić information content (AvgIpc) is 2.27. The summed E-state index contributed by atoms with van der Waals surface area (Å²) in [4.78, 5) is 11.5. The lowest BCUT2D eigenvalue weighted by molar-refractivity contribution is 0.0372. The number of hydrogen-bond donors (Lipinski definition) is 0. The van der Waals surface area contributed by atoms with Crippen LogP contribution in [-0.2, 0) is 20.2 Å². The van der Waals surface area contributed by atoms with E-state index in [1.54, 1.807) is 27.7 Å². The van der Waals surface area contributed by atoms with Gasteiger partial charge in [0.2, 0.25) is 0 Å². The summed E-state index contributed by atoms with van der Waals surface area (Å²) in [5, 5.41) is 0. The standard InChI is InChI=1S/C8H15NO4S/c1-6-5-12-14(11)9(6)7(10)13-8(2,3)4/h6H,5H2,1-4H3/t6-,14?/m0/s1. The summed E-state index contributed by atoms with van der Waals surface area (Å²) in [5.41, 5.74) is -0.580. The van der Waals surface area contributed by atoms with E-state index in [4.69, 9.17) is 8.92 Å². The average molecular weight is 221 g/mol. The first-order valence-electron chi connectivity index (χ1n) is 4.38. The zero-order chi connectivity index (χ0) is 10.9. The van der Waals surface area contributed by atoms with Gasteiger partial charge in [-0.25, -0.2) is 9.00 Å². The Labute approximate surface area is 86.2 Å². The number of carbonyl (C=O) groups is 1. The molecule has 0 saturated carbocycles. The van der Waals surface area contributed by atoms with Crippen molar-refractivity contribution in [3.8, 4) is 0 Å². The number of rotatable bonds is 0. The predicted molar refractivity (Wildman–Crippen MR) is 51.6 cm³/mol. The summed E-state index contributed by atoms with van der Waals surface area (Å²) < 4.78 is 22.2. The van der Waals surface area contributed by atoms with Crippen molar-refractivity contribution in [3.63, 3.8) is 0 Å². The number of carbonyl (C=O) groups excluding carboxylic acids is 1. The Morgan fingerprint density at radius 2 is 2.14 bits per heavy atom. The van der Waals surface area contributed by atoms with Crippen molar-refractivity contribution in [2.24, 2.45) is 0 Å². The fraction of sp³-hybridized carbons (Fsp3) is 0.875. The molecule has 6 heteroatoms. The van der Waals surface area contributed by atoms with Gasteiger partial charge < -0.3 is 4.74 Å². The molecule has 0 spiro atoms. The largest absolute Gasteiger partial charge is 0.443 e. The molecule has 0 N–H and O–H groups in total.